The highest BCUT2D eigenvalue weighted by Gasteiger charge is 2.38. The van der Waals surface area contributed by atoms with Gasteiger partial charge in [0, 0.05) is 19.3 Å². The Kier molecular flexibility index (Phi) is 6.26. The number of anilines is 2. The second kappa shape index (κ2) is 8.87. The summed E-state index contributed by atoms with van der Waals surface area (Å²) in [6.07, 6.45) is 0.928. The molecule has 1 unspecified atom stereocenters. The quantitative estimate of drug-likeness (QED) is 0.458. The van der Waals surface area contributed by atoms with Crippen LogP contribution in [-0.4, -0.2) is 59.0 Å². The lowest BCUT2D eigenvalue weighted by Gasteiger charge is -2.35. The number of morpholine rings is 1. The third kappa shape index (κ3) is 3.81. The molecule has 2 N–H and O–H groups in total. The number of hydrogen-bond donors (Lipinski definition) is 1. The molecule has 2 aliphatic heterocycles. The molecule has 10 heteroatoms. The zero-order chi connectivity index (χ0) is 21.8. The number of fused-ring (bicyclic) bond motifs is 1. The van der Waals surface area contributed by atoms with Crippen molar-refractivity contribution in [2.75, 3.05) is 36.9 Å². The van der Waals surface area contributed by atoms with Gasteiger partial charge in [0.15, 0.2) is 0 Å². The van der Waals surface area contributed by atoms with E-state index in [4.69, 9.17) is 10.5 Å². The van der Waals surface area contributed by atoms with E-state index < -0.39 is 11.0 Å². The van der Waals surface area contributed by atoms with Crippen LogP contribution in [0.3, 0.4) is 0 Å². The number of nitrogens with two attached hydrogens (primary N) is 1. The molecule has 2 aliphatic rings. The molecule has 0 aliphatic carbocycles. The molecular formula is C20H23N5O5. The molecule has 1 aromatic heterocycles. The average Bonchev–Trinajstić information content (AvgIpc) is 3.00. The maximum absolute atomic E-state index is 12.5. The zero-order valence-corrected chi connectivity index (χ0v) is 16.8. The molecule has 1 fully saturated rings. The van der Waals surface area contributed by atoms with Crippen LogP contribution >= 0.6 is 0 Å². The highest BCUT2D eigenvalue weighted by atomic mass is 16.6. The third-order valence-electron chi connectivity index (χ3n) is 4.86. The van der Waals surface area contributed by atoms with E-state index in [1.165, 1.54) is 12.3 Å². The predicted octanol–water partition coefficient (Wildman–Crippen LogP) is 2.10. The minimum absolute atomic E-state index is 0.0667. The number of nitro groups is 1. The molecule has 0 bridgehead atoms. The van der Waals surface area contributed by atoms with E-state index in [0.29, 0.717) is 30.0 Å². The molecular weight excluding hydrogens is 390 g/mol. The predicted molar refractivity (Wildman–Crippen MR) is 110 cm³/mol. The van der Waals surface area contributed by atoms with Gasteiger partial charge in [0.1, 0.15) is 5.69 Å². The van der Waals surface area contributed by atoms with E-state index in [1.54, 1.807) is 29.2 Å². The lowest BCUT2D eigenvalue weighted by molar-refractivity contribution is -0.383. The molecule has 2 amide bonds. The maximum atomic E-state index is 12.5. The van der Waals surface area contributed by atoms with Crippen molar-refractivity contribution in [3.63, 3.8) is 0 Å². The van der Waals surface area contributed by atoms with E-state index in [1.807, 2.05) is 13.8 Å². The first kappa shape index (κ1) is 21.2. The lowest BCUT2D eigenvalue weighted by Crippen LogP contribution is -2.49. The molecule has 10 nitrogen and oxygen atoms in total. The van der Waals surface area contributed by atoms with Crippen LogP contribution < -0.4 is 10.6 Å². The molecule has 30 heavy (non-hydrogen) atoms. The van der Waals surface area contributed by atoms with Crippen molar-refractivity contribution in [3.8, 4) is 0 Å². The van der Waals surface area contributed by atoms with Gasteiger partial charge in [-0.1, -0.05) is 26.0 Å². The van der Waals surface area contributed by atoms with Crippen molar-refractivity contribution < 1.29 is 19.2 Å². The smallest absolute Gasteiger partial charge is 0.334 e. The van der Waals surface area contributed by atoms with Crippen LogP contribution in [0, 0.1) is 10.1 Å². The van der Waals surface area contributed by atoms with Gasteiger partial charge in [0.2, 0.25) is 5.82 Å². The van der Waals surface area contributed by atoms with Crippen molar-refractivity contribution >= 4 is 29.0 Å². The minimum Gasteiger partial charge on any atom is -0.378 e. The summed E-state index contributed by atoms with van der Waals surface area (Å²) in [6, 6.07) is 8.18. The van der Waals surface area contributed by atoms with Crippen LogP contribution in [0.4, 0.5) is 17.2 Å². The van der Waals surface area contributed by atoms with Crippen LogP contribution in [-0.2, 0) is 4.74 Å². The van der Waals surface area contributed by atoms with Crippen LogP contribution in [0.2, 0.25) is 0 Å². The molecule has 158 valence electrons. The Balaban J connectivity index is 0.00000124. The zero-order valence-electron chi connectivity index (χ0n) is 16.8. The van der Waals surface area contributed by atoms with Gasteiger partial charge in [-0.2, -0.15) is 0 Å². The van der Waals surface area contributed by atoms with Gasteiger partial charge in [-0.3, -0.25) is 24.6 Å². The second-order valence-electron chi connectivity index (χ2n) is 6.53. The van der Waals surface area contributed by atoms with Crippen molar-refractivity contribution in [1.29, 1.82) is 0 Å². The molecule has 1 atom stereocenters. The first-order valence-electron chi connectivity index (χ1n) is 9.68. The Morgan fingerprint density at radius 3 is 2.43 bits per heavy atom. The topological polar surface area (TPSA) is 132 Å². The van der Waals surface area contributed by atoms with Crippen LogP contribution in [0.1, 0.15) is 34.6 Å². The fourth-order valence-corrected chi connectivity index (χ4v) is 3.56. The maximum Gasteiger partial charge on any atom is 0.334 e. The number of pyridine rings is 1. The molecule has 0 spiro atoms. The van der Waals surface area contributed by atoms with E-state index in [2.05, 4.69) is 4.98 Å². The summed E-state index contributed by atoms with van der Waals surface area (Å²) in [5.74, 6) is -0.883. The molecule has 3 heterocycles. The molecule has 4 rings (SSSR count). The summed E-state index contributed by atoms with van der Waals surface area (Å²) in [6.45, 7) is 5.06. The van der Waals surface area contributed by atoms with E-state index in [-0.39, 0.29) is 36.4 Å². The molecule has 1 aromatic carbocycles. The number of nitrogens with zero attached hydrogens (tertiary/aromatic N) is 4. The largest absolute Gasteiger partial charge is 0.378 e. The standard InChI is InChI=1S/C18H17N5O5.C2H6/c19-16-15(23(26)27)14(5-6-20-16)21-7-8-28-11(9-21)10-22-17(24)12-3-1-2-4-13(12)18(22)25;1-2/h1-6,11H,7-10H2,(H2,19,20);1-2H3. The van der Waals surface area contributed by atoms with Crippen LogP contribution in [0.5, 0.6) is 0 Å². The van der Waals surface area contributed by atoms with Gasteiger partial charge in [-0.25, -0.2) is 4.98 Å². The van der Waals surface area contributed by atoms with E-state index in [0.717, 1.165) is 4.90 Å². The summed E-state index contributed by atoms with van der Waals surface area (Å²) in [7, 11) is 0. The summed E-state index contributed by atoms with van der Waals surface area (Å²) in [5.41, 5.74) is 6.50. The number of carbonyl (C=O) groups excluding carboxylic acids is 2. The molecule has 1 saturated heterocycles. The van der Waals surface area contributed by atoms with Gasteiger partial charge in [-0.05, 0) is 18.2 Å². The number of hydrogen-bond acceptors (Lipinski definition) is 8. The van der Waals surface area contributed by atoms with Crippen molar-refractivity contribution in [3.05, 3.63) is 57.8 Å². The second-order valence-corrected chi connectivity index (χ2v) is 6.53. The summed E-state index contributed by atoms with van der Waals surface area (Å²) < 4.78 is 5.71. The molecule has 0 radical (unpaired) electrons. The van der Waals surface area contributed by atoms with Crippen molar-refractivity contribution in [2.45, 2.75) is 20.0 Å². The number of nitrogen functional groups attached to an aromatic ring is 1. The van der Waals surface area contributed by atoms with Gasteiger partial charge in [-0.15, -0.1) is 0 Å². The third-order valence-corrected chi connectivity index (χ3v) is 4.86. The first-order chi connectivity index (χ1) is 14.5. The molecule has 2 aromatic rings. The fraction of sp³-hybridized carbons (Fsp3) is 0.350. The summed E-state index contributed by atoms with van der Waals surface area (Å²) in [4.78, 5) is 42.6. The summed E-state index contributed by atoms with van der Waals surface area (Å²) in [5, 5.41) is 11.4. The Morgan fingerprint density at radius 2 is 1.83 bits per heavy atom. The lowest BCUT2D eigenvalue weighted by atomic mass is 10.1. The Hall–Kier alpha value is -3.53. The van der Waals surface area contributed by atoms with Gasteiger partial charge >= 0.3 is 5.69 Å². The Labute approximate surface area is 173 Å². The van der Waals surface area contributed by atoms with Crippen LogP contribution in [0.25, 0.3) is 0 Å². The van der Waals surface area contributed by atoms with Gasteiger partial charge < -0.3 is 15.4 Å². The number of amides is 2. The number of ether oxygens (including phenoxy) is 1. The number of aromatic nitrogens is 1. The number of carbonyl (C=O) groups is 2. The number of rotatable bonds is 4. The van der Waals surface area contributed by atoms with E-state index >= 15 is 0 Å². The van der Waals surface area contributed by atoms with E-state index in [9.17, 15) is 19.7 Å². The minimum atomic E-state index is -0.563. The SMILES string of the molecule is CC.Nc1nccc(N2CCOC(CN3C(=O)c4ccccc4C3=O)C2)c1[N+](=O)[O-]. The number of benzene rings is 1. The van der Waals surface area contributed by atoms with Crippen LogP contribution in [0.15, 0.2) is 36.5 Å². The Morgan fingerprint density at radius 1 is 1.20 bits per heavy atom. The van der Waals surface area contributed by atoms with Gasteiger partial charge in [0.05, 0.1) is 35.3 Å². The van der Waals surface area contributed by atoms with Crippen molar-refractivity contribution in [1.82, 2.24) is 9.88 Å². The average molecular weight is 413 g/mol. The van der Waals surface area contributed by atoms with Crippen molar-refractivity contribution in [2.24, 2.45) is 0 Å². The summed E-state index contributed by atoms with van der Waals surface area (Å²) >= 11 is 0. The molecule has 0 saturated carbocycles. The normalized spacial score (nSPS) is 18.0. The first-order valence-corrected chi connectivity index (χ1v) is 9.68. The monoisotopic (exact) mass is 413 g/mol. The fourth-order valence-electron chi connectivity index (χ4n) is 3.56. The number of imide groups is 1. The van der Waals surface area contributed by atoms with Gasteiger partial charge in [0.25, 0.3) is 11.8 Å². The Bertz CT molecular complexity index is 945. The highest BCUT2D eigenvalue weighted by Crippen LogP contribution is 2.33. The highest BCUT2D eigenvalue weighted by molar-refractivity contribution is 6.21.